The Morgan fingerprint density at radius 1 is 1.32 bits per heavy atom. The fourth-order valence-corrected chi connectivity index (χ4v) is 2.15. The second-order valence-electron chi connectivity index (χ2n) is 4.21. The van der Waals surface area contributed by atoms with E-state index in [2.05, 4.69) is 10.6 Å². The van der Waals surface area contributed by atoms with Crippen LogP contribution in [-0.2, 0) is 6.18 Å². The molecule has 1 atom stereocenters. The minimum absolute atomic E-state index is 0.0621. The molecule has 1 aliphatic rings. The standard InChI is InChI=1S/C11H12F3N3O2/c12-11(13,14)8-3-1-2-7(10(8)17(18)19)9-6-15-4-5-16-9/h1-3,9,15-16H,4-6H2. The predicted molar refractivity (Wildman–Crippen MR) is 61.7 cm³/mol. The topological polar surface area (TPSA) is 67.2 Å². The normalized spacial score (nSPS) is 20.3. The number of nitro benzene ring substituents is 1. The number of hydrogen-bond donors (Lipinski definition) is 2. The highest BCUT2D eigenvalue weighted by Gasteiger charge is 2.40. The van der Waals surface area contributed by atoms with Crippen molar-refractivity contribution in [1.29, 1.82) is 0 Å². The molecule has 1 fully saturated rings. The van der Waals surface area contributed by atoms with Crippen molar-refractivity contribution in [3.05, 3.63) is 39.4 Å². The lowest BCUT2D eigenvalue weighted by molar-refractivity contribution is -0.389. The van der Waals surface area contributed by atoms with Gasteiger partial charge in [-0.05, 0) is 6.07 Å². The number of benzene rings is 1. The zero-order chi connectivity index (χ0) is 14.0. The number of alkyl halides is 3. The molecule has 0 amide bonds. The molecule has 1 unspecified atom stereocenters. The molecule has 0 saturated carbocycles. The average molecular weight is 275 g/mol. The summed E-state index contributed by atoms with van der Waals surface area (Å²) in [5.41, 5.74) is -2.01. The average Bonchev–Trinajstić information content (AvgIpc) is 2.37. The number of hydrogen-bond acceptors (Lipinski definition) is 4. The number of nitro groups is 1. The zero-order valence-corrected chi connectivity index (χ0v) is 9.83. The lowest BCUT2D eigenvalue weighted by atomic mass is 9.99. The molecule has 2 N–H and O–H groups in total. The van der Waals surface area contributed by atoms with Gasteiger partial charge in [0.15, 0.2) is 0 Å². The Bertz CT molecular complexity index is 485. The Kier molecular flexibility index (Phi) is 3.72. The molecule has 0 radical (unpaired) electrons. The summed E-state index contributed by atoms with van der Waals surface area (Å²) in [6.45, 7) is 1.60. The van der Waals surface area contributed by atoms with E-state index >= 15 is 0 Å². The molecule has 19 heavy (non-hydrogen) atoms. The first-order valence-electron chi connectivity index (χ1n) is 5.70. The van der Waals surface area contributed by atoms with Gasteiger partial charge in [-0.1, -0.05) is 12.1 Å². The van der Waals surface area contributed by atoms with E-state index in [0.717, 1.165) is 6.07 Å². The lowest BCUT2D eigenvalue weighted by Crippen LogP contribution is -2.42. The van der Waals surface area contributed by atoms with Gasteiger partial charge in [-0.15, -0.1) is 0 Å². The largest absolute Gasteiger partial charge is 0.423 e. The lowest BCUT2D eigenvalue weighted by Gasteiger charge is -2.25. The van der Waals surface area contributed by atoms with Crippen LogP contribution in [-0.4, -0.2) is 24.6 Å². The fraction of sp³-hybridized carbons (Fsp3) is 0.455. The molecule has 1 saturated heterocycles. The van der Waals surface area contributed by atoms with Gasteiger partial charge < -0.3 is 10.6 Å². The summed E-state index contributed by atoms with van der Waals surface area (Å²) >= 11 is 0. The Morgan fingerprint density at radius 3 is 2.58 bits per heavy atom. The van der Waals surface area contributed by atoms with Gasteiger partial charge in [0.2, 0.25) is 0 Å². The van der Waals surface area contributed by atoms with Crippen molar-refractivity contribution in [2.24, 2.45) is 0 Å². The number of nitrogens with zero attached hydrogens (tertiary/aromatic N) is 1. The Labute approximate surface area is 106 Å². The van der Waals surface area contributed by atoms with Crippen LogP contribution in [0.2, 0.25) is 0 Å². The van der Waals surface area contributed by atoms with E-state index in [1.165, 1.54) is 12.1 Å². The molecule has 8 heteroatoms. The Balaban J connectivity index is 2.51. The van der Waals surface area contributed by atoms with E-state index in [9.17, 15) is 23.3 Å². The Hall–Kier alpha value is -1.67. The molecule has 0 aromatic heterocycles. The van der Waals surface area contributed by atoms with Gasteiger partial charge >= 0.3 is 6.18 Å². The second-order valence-corrected chi connectivity index (χ2v) is 4.21. The first-order chi connectivity index (χ1) is 8.91. The summed E-state index contributed by atoms with van der Waals surface area (Å²) in [6.07, 6.45) is -4.74. The summed E-state index contributed by atoms with van der Waals surface area (Å²) in [4.78, 5) is 10.0. The van der Waals surface area contributed by atoms with Crippen LogP contribution in [0.4, 0.5) is 18.9 Å². The highest BCUT2D eigenvalue weighted by atomic mass is 19.4. The predicted octanol–water partition coefficient (Wildman–Crippen LogP) is 1.85. The van der Waals surface area contributed by atoms with Crippen molar-refractivity contribution in [2.75, 3.05) is 19.6 Å². The van der Waals surface area contributed by atoms with Crippen LogP contribution in [0.5, 0.6) is 0 Å². The number of rotatable bonds is 2. The van der Waals surface area contributed by atoms with E-state index in [-0.39, 0.29) is 5.56 Å². The molecule has 1 heterocycles. The smallest absolute Gasteiger partial charge is 0.314 e. The van der Waals surface area contributed by atoms with E-state index in [0.29, 0.717) is 19.6 Å². The molecule has 5 nitrogen and oxygen atoms in total. The van der Waals surface area contributed by atoms with Crippen molar-refractivity contribution in [3.8, 4) is 0 Å². The van der Waals surface area contributed by atoms with Crippen LogP contribution < -0.4 is 10.6 Å². The third-order valence-electron chi connectivity index (χ3n) is 2.97. The molecule has 1 aromatic rings. The Morgan fingerprint density at radius 2 is 2.05 bits per heavy atom. The zero-order valence-electron chi connectivity index (χ0n) is 9.83. The van der Waals surface area contributed by atoms with Crippen LogP contribution in [0.3, 0.4) is 0 Å². The summed E-state index contributed by atoms with van der Waals surface area (Å²) in [7, 11) is 0. The number of nitrogens with one attached hydrogen (secondary N) is 2. The van der Waals surface area contributed by atoms with Crippen molar-refractivity contribution in [2.45, 2.75) is 12.2 Å². The molecular weight excluding hydrogens is 263 g/mol. The van der Waals surface area contributed by atoms with Gasteiger partial charge in [0.05, 0.1) is 11.0 Å². The van der Waals surface area contributed by atoms with E-state index < -0.39 is 28.4 Å². The molecule has 2 rings (SSSR count). The summed E-state index contributed by atoms with van der Waals surface area (Å²) in [6, 6.07) is 2.80. The van der Waals surface area contributed by atoms with Gasteiger partial charge in [-0.2, -0.15) is 13.2 Å². The van der Waals surface area contributed by atoms with E-state index in [1.54, 1.807) is 0 Å². The van der Waals surface area contributed by atoms with Crippen LogP contribution in [0.1, 0.15) is 17.2 Å². The van der Waals surface area contributed by atoms with Crippen LogP contribution in [0.15, 0.2) is 18.2 Å². The van der Waals surface area contributed by atoms with Crippen molar-refractivity contribution in [1.82, 2.24) is 10.6 Å². The maximum absolute atomic E-state index is 12.8. The monoisotopic (exact) mass is 275 g/mol. The quantitative estimate of drug-likeness (QED) is 0.638. The highest BCUT2D eigenvalue weighted by molar-refractivity contribution is 5.51. The third-order valence-corrected chi connectivity index (χ3v) is 2.97. The van der Waals surface area contributed by atoms with Crippen LogP contribution in [0, 0.1) is 10.1 Å². The van der Waals surface area contributed by atoms with Crippen molar-refractivity contribution >= 4 is 5.69 Å². The third kappa shape index (κ3) is 2.85. The summed E-state index contributed by atoms with van der Waals surface area (Å²) in [5.74, 6) is 0. The highest BCUT2D eigenvalue weighted by Crippen LogP contribution is 2.39. The minimum atomic E-state index is -4.74. The number of halogens is 3. The first-order valence-corrected chi connectivity index (χ1v) is 5.70. The SMILES string of the molecule is O=[N+]([O-])c1c(C2CNCCN2)cccc1C(F)(F)F. The van der Waals surface area contributed by atoms with E-state index in [4.69, 9.17) is 0 Å². The maximum atomic E-state index is 12.8. The van der Waals surface area contributed by atoms with Gasteiger partial charge in [-0.3, -0.25) is 10.1 Å². The molecule has 0 aliphatic carbocycles. The number of piperazine rings is 1. The molecular formula is C11H12F3N3O2. The molecule has 0 bridgehead atoms. The van der Waals surface area contributed by atoms with E-state index in [1.807, 2.05) is 0 Å². The minimum Gasteiger partial charge on any atom is -0.314 e. The van der Waals surface area contributed by atoms with Crippen LogP contribution >= 0.6 is 0 Å². The number of para-hydroxylation sites is 1. The molecule has 0 spiro atoms. The van der Waals surface area contributed by atoms with Crippen molar-refractivity contribution in [3.63, 3.8) is 0 Å². The van der Waals surface area contributed by atoms with Gasteiger partial charge in [-0.25, -0.2) is 0 Å². The second kappa shape index (κ2) is 5.14. The fourth-order valence-electron chi connectivity index (χ4n) is 2.15. The van der Waals surface area contributed by atoms with Gasteiger partial charge in [0, 0.05) is 25.2 Å². The molecule has 1 aromatic carbocycles. The molecule has 104 valence electrons. The summed E-state index contributed by atoms with van der Waals surface area (Å²) < 4.78 is 38.4. The van der Waals surface area contributed by atoms with Gasteiger partial charge in [0.25, 0.3) is 5.69 Å². The first kappa shape index (κ1) is 13.8. The van der Waals surface area contributed by atoms with Gasteiger partial charge in [0.1, 0.15) is 5.56 Å². The summed E-state index contributed by atoms with van der Waals surface area (Å²) in [5, 5.41) is 17.0. The van der Waals surface area contributed by atoms with Crippen LogP contribution in [0.25, 0.3) is 0 Å². The maximum Gasteiger partial charge on any atom is 0.423 e. The molecule has 1 aliphatic heterocycles. The van der Waals surface area contributed by atoms with Crippen molar-refractivity contribution < 1.29 is 18.1 Å².